The lowest BCUT2D eigenvalue weighted by Gasteiger charge is -2.18. The Labute approximate surface area is 125 Å². The van der Waals surface area contributed by atoms with Crippen LogP contribution >= 0.6 is 0 Å². The van der Waals surface area contributed by atoms with Gasteiger partial charge in [0.05, 0.1) is 31.0 Å². The number of carbonyl (C=O) groups excluding carboxylic acids is 2. The highest BCUT2D eigenvalue weighted by Crippen LogP contribution is 2.25. The number of anilines is 1. The van der Waals surface area contributed by atoms with Crippen molar-refractivity contribution in [2.24, 2.45) is 0 Å². The van der Waals surface area contributed by atoms with Gasteiger partial charge in [0, 0.05) is 20.1 Å². The highest BCUT2D eigenvalue weighted by atomic mass is 32.2. The molecule has 1 unspecified atom stereocenters. The number of likely N-dealkylation sites (N-methyl/N-ethyl adjacent to an activating group) is 1. The van der Waals surface area contributed by atoms with Crippen molar-refractivity contribution in [2.45, 2.75) is 0 Å². The predicted octanol–water partition coefficient (Wildman–Crippen LogP) is 0.590. The summed E-state index contributed by atoms with van der Waals surface area (Å²) in [5.41, 5.74) is 0.935. The van der Waals surface area contributed by atoms with Crippen molar-refractivity contribution in [3.63, 3.8) is 0 Å². The fourth-order valence-corrected chi connectivity index (χ4v) is 3.10. The molecule has 1 aromatic carbocycles. The minimum absolute atomic E-state index is 0.210. The number of esters is 2. The molecule has 0 aliphatic carbocycles. The number of nitrogens with zero attached hydrogens (tertiary/aromatic N) is 2. The molecule has 21 heavy (non-hydrogen) atoms. The monoisotopic (exact) mass is 312 g/mol. The molecular formula is C13H16N2O5S. The molecule has 1 heterocycles. The molecule has 0 bridgehead atoms. The van der Waals surface area contributed by atoms with Crippen LogP contribution < -0.4 is 4.31 Å². The lowest BCUT2D eigenvalue weighted by molar-refractivity contribution is 0.0599. The zero-order valence-electron chi connectivity index (χ0n) is 12.0. The number of methoxy groups -OCH3 is 2. The van der Waals surface area contributed by atoms with Crippen molar-refractivity contribution in [3.05, 3.63) is 29.3 Å². The number of rotatable bonds is 3. The molecule has 1 aromatic rings. The van der Waals surface area contributed by atoms with E-state index in [1.54, 1.807) is 27.8 Å². The van der Waals surface area contributed by atoms with Crippen LogP contribution in [0.15, 0.2) is 18.2 Å². The van der Waals surface area contributed by atoms with Crippen LogP contribution in [0.1, 0.15) is 20.7 Å². The van der Waals surface area contributed by atoms with Crippen LogP contribution in [-0.4, -0.2) is 54.8 Å². The summed E-state index contributed by atoms with van der Waals surface area (Å²) in [5, 5.41) is 0. The lowest BCUT2D eigenvalue weighted by Crippen LogP contribution is -2.24. The number of ether oxygens (including phenoxy) is 2. The van der Waals surface area contributed by atoms with E-state index in [0.717, 1.165) is 0 Å². The first-order valence-electron chi connectivity index (χ1n) is 6.20. The molecule has 8 heteroatoms. The smallest absolute Gasteiger partial charge is 0.337 e. The topological polar surface area (TPSA) is 76.2 Å². The Morgan fingerprint density at radius 3 is 1.95 bits per heavy atom. The Kier molecular flexibility index (Phi) is 4.59. The van der Waals surface area contributed by atoms with Crippen molar-refractivity contribution in [1.29, 1.82) is 0 Å². The minimum atomic E-state index is -1.34. The van der Waals surface area contributed by atoms with E-state index >= 15 is 0 Å². The van der Waals surface area contributed by atoms with Crippen molar-refractivity contribution in [1.82, 2.24) is 4.31 Å². The van der Waals surface area contributed by atoms with Gasteiger partial charge in [-0.15, -0.1) is 0 Å². The van der Waals surface area contributed by atoms with Gasteiger partial charge in [-0.1, -0.05) is 0 Å². The summed E-state index contributed by atoms with van der Waals surface area (Å²) in [6, 6.07) is 4.49. The van der Waals surface area contributed by atoms with Gasteiger partial charge in [-0.3, -0.25) is 4.31 Å². The van der Waals surface area contributed by atoms with E-state index in [1.807, 2.05) is 0 Å². The molecule has 114 valence electrons. The van der Waals surface area contributed by atoms with Crippen molar-refractivity contribution in [3.8, 4) is 0 Å². The third kappa shape index (κ3) is 3.06. The Morgan fingerprint density at radius 2 is 1.57 bits per heavy atom. The molecule has 1 atom stereocenters. The van der Waals surface area contributed by atoms with E-state index in [9.17, 15) is 13.8 Å². The quantitative estimate of drug-likeness (QED) is 0.764. The van der Waals surface area contributed by atoms with Gasteiger partial charge in [0.15, 0.2) is 11.2 Å². The first kappa shape index (κ1) is 15.5. The molecule has 1 aliphatic rings. The van der Waals surface area contributed by atoms with Crippen molar-refractivity contribution >= 4 is 28.8 Å². The van der Waals surface area contributed by atoms with Crippen LogP contribution in [0, 0.1) is 0 Å². The maximum absolute atomic E-state index is 12.1. The zero-order valence-corrected chi connectivity index (χ0v) is 12.8. The van der Waals surface area contributed by atoms with E-state index in [1.165, 1.54) is 20.3 Å². The van der Waals surface area contributed by atoms with E-state index in [2.05, 4.69) is 9.47 Å². The molecule has 2 rings (SSSR count). The molecule has 0 N–H and O–H groups in total. The van der Waals surface area contributed by atoms with Crippen LogP contribution in [0.3, 0.4) is 0 Å². The highest BCUT2D eigenvalue weighted by Gasteiger charge is 2.27. The summed E-state index contributed by atoms with van der Waals surface area (Å²) < 4.78 is 24.8. The summed E-state index contributed by atoms with van der Waals surface area (Å²) in [7, 11) is 4.25. The van der Waals surface area contributed by atoms with Gasteiger partial charge >= 0.3 is 11.9 Å². The van der Waals surface area contributed by atoms with Crippen molar-refractivity contribution < 1.29 is 23.3 Å². The molecule has 0 saturated carbocycles. The second kappa shape index (κ2) is 6.23. The Bertz CT molecular complexity index is 570. The molecule has 0 amide bonds. The average Bonchev–Trinajstić information content (AvgIpc) is 2.84. The summed E-state index contributed by atoms with van der Waals surface area (Å²) in [4.78, 5) is 23.4. The Hall–Kier alpha value is -1.93. The first-order chi connectivity index (χ1) is 9.97. The third-order valence-corrected chi connectivity index (χ3v) is 4.61. The fraction of sp³-hybridized carbons (Fsp3) is 0.385. The van der Waals surface area contributed by atoms with Gasteiger partial charge in [0.25, 0.3) is 0 Å². The molecule has 0 radical (unpaired) electrons. The van der Waals surface area contributed by atoms with E-state index in [-0.39, 0.29) is 11.1 Å². The van der Waals surface area contributed by atoms with Crippen LogP contribution in [0.5, 0.6) is 0 Å². The standard InChI is InChI=1S/C13H16N2O5S/c1-14-4-5-15(21(14)18)11-7-9(12(16)19-2)6-10(8-11)13(17)20-3/h6-8H,4-5H2,1-3H3. The van der Waals surface area contributed by atoms with Gasteiger partial charge in [-0.05, 0) is 18.2 Å². The first-order valence-corrected chi connectivity index (χ1v) is 7.26. The summed E-state index contributed by atoms with van der Waals surface area (Å²) in [5.74, 6) is -1.14. The lowest BCUT2D eigenvalue weighted by atomic mass is 10.1. The van der Waals surface area contributed by atoms with Crippen LogP contribution in [-0.2, 0) is 20.6 Å². The van der Waals surface area contributed by atoms with Gasteiger partial charge in [-0.2, -0.15) is 0 Å². The van der Waals surface area contributed by atoms with Crippen molar-refractivity contribution in [2.75, 3.05) is 38.7 Å². The van der Waals surface area contributed by atoms with Gasteiger partial charge in [0.2, 0.25) is 0 Å². The molecule has 0 spiro atoms. The zero-order chi connectivity index (χ0) is 15.6. The van der Waals surface area contributed by atoms with E-state index in [0.29, 0.717) is 18.8 Å². The maximum Gasteiger partial charge on any atom is 0.337 e. The second-order valence-corrected chi connectivity index (χ2v) is 5.96. The molecule has 1 fully saturated rings. The SMILES string of the molecule is COC(=O)c1cc(C(=O)OC)cc(N2CCN(C)S2=O)c1. The van der Waals surface area contributed by atoms with Gasteiger partial charge < -0.3 is 9.47 Å². The van der Waals surface area contributed by atoms with E-state index in [4.69, 9.17) is 0 Å². The van der Waals surface area contributed by atoms with Crippen LogP contribution in [0.2, 0.25) is 0 Å². The number of carbonyl (C=O) groups is 2. The molecule has 0 aromatic heterocycles. The number of hydrogen-bond donors (Lipinski definition) is 0. The second-order valence-electron chi connectivity index (χ2n) is 4.44. The summed E-state index contributed by atoms with van der Waals surface area (Å²) >= 11 is -1.34. The largest absolute Gasteiger partial charge is 0.465 e. The highest BCUT2D eigenvalue weighted by molar-refractivity contribution is 7.84. The summed E-state index contributed by atoms with van der Waals surface area (Å²) in [6.07, 6.45) is 0. The van der Waals surface area contributed by atoms with Gasteiger partial charge in [0.1, 0.15) is 0 Å². The average molecular weight is 312 g/mol. The minimum Gasteiger partial charge on any atom is -0.465 e. The molecule has 7 nitrogen and oxygen atoms in total. The fourth-order valence-electron chi connectivity index (χ4n) is 2.00. The normalized spacial score (nSPS) is 18.6. The van der Waals surface area contributed by atoms with Crippen LogP contribution in [0.4, 0.5) is 5.69 Å². The van der Waals surface area contributed by atoms with Crippen LogP contribution in [0.25, 0.3) is 0 Å². The van der Waals surface area contributed by atoms with Gasteiger partial charge in [-0.25, -0.2) is 18.1 Å². The number of hydrogen-bond acceptors (Lipinski definition) is 5. The Balaban J connectivity index is 2.47. The van der Waals surface area contributed by atoms with E-state index < -0.39 is 23.1 Å². The predicted molar refractivity (Wildman–Crippen MR) is 77.2 cm³/mol. The molecule has 1 saturated heterocycles. The molecule has 1 aliphatic heterocycles. The maximum atomic E-state index is 12.1. The number of benzene rings is 1. The third-order valence-electron chi connectivity index (χ3n) is 3.12. The molecular weight excluding hydrogens is 296 g/mol. The Morgan fingerprint density at radius 1 is 1.05 bits per heavy atom. The summed E-state index contributed by atoms with van der Waals surface area (Å²) in [6.45, 7) is 1.16.